The van der Waals surface area contributed by atoms with Gasteiger partial charge in [0.25, 0.3) is 0 Å². The highest BCUT2D eigenvalue weighted by molar-refractivity contribution is 14.0. The molecule has 0 bridgehead atoms. The first kappa shape index (κ1) is 25.4. The fourth-order valence-electron chi connectivity index (χ4n) is 4.00. The molecule has 31 heavy (non-hydrogen) atoms. The summed E-state index contributed by atoms with van der Waals surface area (Å²) < 4.78 is 5.65. The molecule has 0 aliphatic carbocycles. The van der Waals surface area contributed by atoms with Gasteiger partial charge in [-0.2, -0.15) is 0 Å². The molecular formula is C24H35IN4O2. The molecule has 7 heteroatoms. The lowest BCUT2D eigenvalue weighted by Gasteiger charge is -2.30. The number of rotatable bonds is 9. The summed E-state index contributed by atoms with van der Waals surface area (Å²) in [4.78, 5) is 7.28. The van der Waals surface area contributed by atoms with Gasteiger partial charge >= 0.3 is 0 Å². The summed E-state index contributed by atoms with van der Waals surface area (Å²) in [5.74, 6) is 1.71. The summed E-state index contributed by atoms with van der Waals surface area (Å²) in [5, 5.41) is 16.4. The Balaban J connectivity index is 0.00000341. The number of aliphatic hydroxyl groups excluding tert-OH is 1. The van der Waals surface area contributed by atoms with E-state index < -0.39 is 0 Å². The van der Waals surface area contributed by atoms with Crippen molar-refractivity contribution in [3.05, 3.63) is 65.2 Å². The third-order valence-electron chi connectivity index (χ3n) is 5.58. The number of halogens is 1. The molecule has 1 aliphatic heterocycles. The van der Waals surface area contributed by atoms with E-state index in [0.717, 1.165) is 49.0 Å². The number of hydrogen-bond donors (Lipinski definition) is 3. The number of guanidine groups is 1. The fourth-order valence-corrected chi connectivity index (χ4v) is 4.00. The Kier molecular flexibility index (Phi) is 11.1. The lowest BCUT2D eigenvalue weighted by molar-refractivity contribution is 0.239. The predicted octanol–water partition coefficient (Wildman–Crippen LogP) is 3.70. The van der Waals surface area contributed by atoms with Crippen LogP contribution in [0.1, 0.15) is 42.5 Å². The van der Waals surface area contributed by atoms with Crippen molar-refractivity contribution in [2.24, 2.45) is 4.99 Å². The van der Waals surface area contributed by atoms with Gasteiger partial charge in [-0.1, -0.05) is 42.5 Å². The minimum absolute atomic E-state index is 0. The van der Waals surface area contributed by atoms with Gasteiger partial charge < -0.3 is 20.5 Å². The summed E-state index contributed by atoms with van der Waals surface area (Å²) in [7, 11) is 1.73. The molecule has 0 saturated carbocycles. The standard InChI is InChI=1S/C24H34N4O2.HI/c1-3-25-24(26-16-19-10-4-5-11-20(19)18-29)27-17-22(28-14-8-9-15-28)21-12-6-7-13-23(21)30-2;/h4-7,10-13,22,29H,3,8-9,14-18H2,1-2H3,(H2,25,26,27);1H. The molecule has 1 saturated heterocycles. The molecule has 1 unspecified atom stereocenters. The number of ether oxygens (including phenoxy) is 1. The van der Waals surface area contributed by atoms with Crippen LogP contribution in [-0.4, -0.2) is 49.3 Å². The van der Waals surface area contributed by atoms with Gasteiger partial charge in [0.1, 0.15) is 5.75 Å². The number of nitrogens with one attached hydrogen (secondary N) is 2. The molecule has 0 aromatic heterocycles. The van der Waals surface area contributed by atoms with Crippen molar-refractivity contribution in [2.45, 2.75) is 39.0 Å². The summed E-state index contributed by atoms with van der Waals surface area (Å²) in [6.45, 7) is 6.35. The maximum absolute atomic E-state index is 9.56. The lowest BCUT2D eigenvalue weighted by atomic mass is 10.0. The molecule has 1 atom stereocenters. The molecule has 2 aromatic carbocycles. The molecule has 2 aromatic rings. The van der Waals surface area contributed by atoms with E-state index in [-0.39, 0.29) is 36.6 Å². The highest BCUT2D eigenvalue weighted by atomic mass is 127. The molecule has 1 heterocycles. The van der Waals surface area contributed by atoms with Crippen molar-refractivity contribution < 1.29 is 9.84 Å². The molecule has 170 valence electrons. The Morgan fingerprint density at radius 1 is 1.06 bits per heavy atom. The number of para-hydroxylation sites is 1. The van der Waals surface area contributed by atoms with Crippen molar-refractivity contribution in [3.8, 4) is 5.75 Å². The number of hydrogen-bond acceptors (Lipinski definition) is 4. The highest BCUT2D eigenvalue weighted by Gasteiger charge is 2.26. The van der Waals surface area contributed by atoms with Gasteiger partial charge in [0.05, 0.1) is 26.3 Å². The van der Waals surface area contributed by atoms with Crippen molar-refractivity contribution in [1.29, 1.82) is 0 Å². The maximum atomic E-state index is 9.56. The van der Waals surface area contributed by atoms with Gasteiger partial charge in [0, 0.05) is 18.7 Å². The van der Waals surface area contributed by atoms with Crippen molar-refractivity contribution in [2.75, 3.05) is 33.3 Å². The number of methoxy groups -OCH3 is 1. The zero-order valence-electron chi connectivity index (χ0n) is 18.5. The summed E-state index contributed by atoms with van der Waals surface area (Å²) in [5.41, 5.74) is 3.16. The Morgan fingerprint density at radius 2 is 1.74 bits per heavy atom. The molecule has 0 amide bonds. The van der Waals surface area contributed by atoms with Gasteiger partial charge in [0.15, 0.2) is 5.96 Å². The van der Waals surface area contributed by atoms with Crippen LogP contribution in [-0.2, 0) is 13.2 Å². The van der Waals surface area contributed by atoms with Gasteiger partial charge in [-0.05, 0) is 50.0 Å². The van der Waals surface area contributed by atoms with Crippen LogP contribution in [0.5, 0.6) is 5.75 Å². The van der Waals surface area contributed by atoms with E-state index in [9.17, 15) is 5.11 Å². The minimum atomic E-state index is 0. The SMILES string of the molecule is CCNC(=NCc1ccccc1CO)NCC(c1ccccc1OC)N1CCCC1.I. The quantitative estimate of drug-likeness (QED) is 0.258. The molecular weight excluding hydrogens is 503 g/mol. The topological polar surface area (TPSA) is 69.1 Å². The predicted molar refractivity (Wildman–Crippen MR) is 137 cm³/mol. The van der Waals surface area contributed by atoms with Crippen molar-refractivity contribution in [1.82, 2.24) is 15.5 Å². The first-order valence-electron chi connectivity index (χ1n) is 10.8. The summed E-state index contributed by atoms with van der Waals surface area (Å²) >= 11 is 0. The monoisotopic (exact) mass is 538 g/mol. The number of nitrogens with zero attached hydrogens (tertiary/aromatic N) is 2. The molecule has 1 aliphatic rings. The lowest BCUT2D eigenvalue weighted by Crippen LogP contribution is -2.42. The zero-order valence-corrected chi connectivity index (χ0v) is 20.8. The van der Waals surface area contributed by atoms with Crippen LogP contribution >= 0.6 is 24.0 Å². The van der Waals surface area contributed by atoms with E-state index in [0.29, 0.717) is 6.54 Å². The first-order valence-corrected chi connectivity index (χ1v) is 10.8. The molecule has 6 nitrogen and oxygen atoms in total. The van der Waals surface area contributed by atoms with Crippen LogP contribution in [0.15, 0.2) is 53.5 Å². The highest BCUT2D eigenvalue weighted by Crippen LogP contribution is 2.31. The van der Waals surface area contributed by atoms with Crippen molar-refractivity contribution >= 4 is 29.9 Å². The second-order valence-electron chi connectivity index (χ2n) is 7.50. The molecule has 3 rings (SSSR count). The first-order chi connectivity index (χ1) is 14.8. The van der Waals surface area contributed by atoms with Crippen molar-refractivity contribution in [3.63, 3.8) is 0 Å². The van der Waals surface area contributed by atoms with E-state index in [1.165, 1.54) is 18.4 Å². The number of aliphatic imine (C=N–C) groups is 1. The van der Waals surface area contributed by atoms with Gasteiger partial charge in [-0.3, -0.25) is 4.90 Å². The van der Waals surface area contributed by atoms with Crippen LogP contribution in [0, 0.1) is 0 Å². The van der Waals surface area contributed by atoms with E-state index in [1.807, 2.05) is 36.4 Å². The van der Waals surface area contributed by atoms with Crippen LogP contribution < -0.4 is 15.4 Å². The number of benzene rings is 2. The smallest absolute Gasteiger partial charge is 0.191 e. The Bertz CT molecular complexity index is 825. The third-order valence-corrected chi connectivity index (χ3v) is 5.58. The Labute approximate surface area is 203 Å². The summed E-state index contributed by atoms with van der Waals surface area (Å²) in [6, 6.07) is 16.4. The average Bonchev–Trinajstić information content (AvgIpc) is 3.32. The van der Waals surface area contributed by atoms with Crippen LogP contribution in [0.2, 0.25) is 0 Å². The largest absolute Gasteiger partial charge is 0.496 e. The number of aliphatic hydroxyl groups is 1. The minimum Gasteiger partial charge on any atom is -0.496 e. The van der Waals surface area contributed by atoms with E-state index in [2.05, 4.69) is 34.6 Å². The number of likely N-dealkylation sites (tertiary alicyclic amines) is 1. The van der Waals surface area contributed by atoms with Gasteiger partial charge in [-0.15, -0.1) is 24.0 Å². The van der Waals surface area contributed by atoms with Crippen LogP contribution in [0.4, 0.5) is 0 Å². The van der Waals surface area contributed by atoms with Gasteiger partial charge in [-0.25, -0.2) is 4.99 Å². The van der Waals surface area contributed by atoms with E-state index in [4.69, 9.17) is 9.73 Å². The second kappa shape index (κ2) is 13.5. The normalized spacial score (nSPS) is 15.3. The van der Waals surface area contributed by atoms with Crippen LogP contribution in [0.25, 0.3) is 0 Å². The molecule has 1 fully saturated rings. The fraction of sp³-hybridized carbons (Fsp3) is 0.458. The van der Waals surface area contributed by atoms with Crippen LogP contribution in [0.3, 0.4) is 0 Å². The third kappa shape index (κ3) is 7.08. The Morgan fingerprint density at radius 3 is 2.42 bits per heavy atom. The van der Waals surface area contributed by atoms with Gasteiger partial charge in [0.2, 0.25) is 0 Å². The molecule has 0 radical (unpaired) electrons. The second-order valence-corrected chi connectivity index (χ2v) is 7.50. The molecule has 3 N–H and O–H groups in total. The van der Waals surface area contributed by atoms with E-state index >= 15 is 0 Å². The maximum Gasteiger partial charge on any atom is 0.191 e. The molecule has 0 spiro atoms. The summed E-state index contributed by atoms with van der Waals surface area (Å²) in [6.07, 6.45) is 2.47. The average molecular weight is 538 g/mol. The zero-order chi connectivity index (χ0) is 21.2. The Hall–Kier alpha value is -1.84. The van der Waals surface area contributed by atoms with E-state index in [1.54, 1.807) is 7.11 Å².